The van der Waals surface area contributed by atoms with Gasteiger partial charge >= 0.3 is 5.97 Å². The Hall–Kier alpha value is -2.68. The normalized spacial score (nSPS) is 20.0. The van der Waals surface area contributed by atoms with Gasteiger partial charge in [0.05, 0.1) is 17.1 Å². The molecule has 0 aromatic carbocycles. The van der Waals surface area contributed by atoms with Gasteiger partial charge in [-0.2, -0.15) is 5.26 Å². The number of unbranched alkanes of at least 4 members (excludes halogenated alkanes) is 7. The number of anilines is 1. The minimum atomic E-state index is -0.732. The maximum atomic E-state index is 13.5. The highest BCUT2D eigenvalue weighted by Crippen LogP contribution is 2.36. The van der Waals surface area contributed by atoms with Crippen LogP contribution in [0.5, 0.6) is 0 Å². The minimum absolute atomic E-state index is 0.0297. The Labute approximate surface area is 258 Å². The van der Waals surface area contributed by atoms with E-state index in [1.54, 1.807) is 16.4 Å². The SMILES string of the molecule is CCCn1c(N2CC(C)OC(C)C2)c(/C=C2/SC(=S)N(CCCCCCCCCCC(=O)O)C2=O)c(C)c(C#N)c1=O. The first-order valence-corrected chi connectivity index (χ1v) is 16.4. The van der Waals surface area contributed by atoms with Gasteiger partial charge in [-0.3, -0.25) is 23.9 Å². The third-order valence-electron chi connectivity index (χ3n) is 7.68. The maximum absolute atomic E-state index is 13.5. The number of nitriles is 1. The van der Waals surface area contributed by atoms with Crippen LogP contribution in [0.25, 0.3) is 6.08 Å². The van der Waals surface area contributed by atoms with Crippen molar-refractivity contribution in [1.29, 1.82) is 5.26 Å². The average molecular weight is 617 g/mol. The highest BCUT2D eigenvalue weighted by molar-refractivity contribution is 8.26. The Morgan fingerprint density at radius 1 is 1.07 bits per heavy atom. The second-order valence-corrected chi connectivity index (χ2v) is 12.9. The van der Waals surface area contributed by atoms with Crippen molar-refractivity contribution < 1.29 is 19.4 Å². The third-order valence-corrected chi connectivity index (χ3v) is 9.06. The number of hydrogen-bond acceptors (Lipinski definition) is 8. The quantitative estimate of drug-likeness (QED) is 0.147. The molecule has 42 heavy (non-hydrogen) atoms. The number of aliphatic carboxylic acids is 1. The van der Waals surface area contributed by atoms with Crippen LogP contribution in [0.3, 0.4) is 0 Å². The van der Waals surface area contributed by atoms with E-state index in [0.29, 0.717) is 46.5 Å². The van der Waals surface area contributed by atoms with E-state index in [2.05, 4.69) is 11.0 Å². The lowest BCUT2D eigenvalue weighted by atomic mass is 10.0. The Balaban J connectivity index is 1.76. The number of carboxylic acids is 1. The van der Waals surface area contributed by atoms with E-state index in [9.17, 15) is 19.6 Å². The first kappa shape index (κ1) is 33.8. The van der Waals surface area contributed by atoms with Crippen molar-refractivity contribution in [3.8, 4) is 6.07 Å². The molecule has 11 heteroatoms. The van der Waals surface area contributed by atoms with Crippen molar-refractivity contribution >= 4 is 52.1 Å². The summed E-state index contributed by atoms with van der Waals surface area (Å²) in [6, 6.07) is 2.11. The van der Waals surface area contributed by atoms with Crippen molar-refractivity contribution in [3.05, 3.63) is 31.9 Å². The average Bonchev–Trinajstić information content (AvgIpc) is 3.19. The summed E-state index contributed by atoms with van der Waals surface area (Å²) in [6.07, 6.45) is 10.6. The van der Waals surface area contributed by atoms with E-state index < -0.39 is 5.97 Å². The number of thiocarbonyl (C=S) groups is 1. The zero-order valence-corrected chi connectivity index (χ0v) is 27.0. The number of rotatable bonds is 15. The predicted octanol–water partition coefficient (Wildman–Crippen LogP) is 5.85. The van der Waals surface area contributed by atoms with Gasteiger partial charge < -0.3 is 14.7 Å². The van der Waals surface area contributed by atoms with Crippen LogP contribution in [-0.4, -0.2) is 62.6 Å². The Morgan fingerprint density at radius 2 is 1.67 bits per heavy atom. The van der Waals surface area contributed by atoms with E-state index >= 15 is 0 Å². The van der Waals surface area contributed by atoms with Crippen LogP contribution in [0.2, 0.25) is 0 Å². The number of thioether (sulfide) groups is 1. The van der Waals surface area contributed by atoms with Gasteiger partial charge in [-0.1, -0.05) is 69.4 Å². The van der Waals surface area contributed by atoms with Gasteiger partial charge in [-0.05, 0) is 51.7 Å². The van der Waals surface area contributed by atoms with Crippen LogP contribution in [0.4, 0.5) is 5.82 Å². The molecule has 2 aliphatic rings. The maximum Gasteiger partial charge on any atom is 0.303 e. The fourth-order valence-electron chi connectivity index (χ4n) is 5.70. The molecule has 1 aromatic heterocycles. The van der Waals surface area contributed by atoms with E-state index in [0.717, 1.165) is 63.6 Å². The molecule has 9 nitrogen and oxygen atoms in total. The molecular formula is C31H44N4O5S2. The Morgan fingerprint density at radius 3 is 2.24 bits per heavy atom. The number of hydrogen-bond donors (Lipinski definition) is 1. The molecule has 2 fully saturated rings. The Kier molecular flexibility index (Phi) is 13.1. The van der Waals surface area contributed by atoms with Gasteiger partial charge in [-0.15, -0.1) is 0 Å². The second kappa shape index (κ2) is 16.2. The van der Waals surface area contributed by atoms with Crippen molar-refractivity contribution in [3.63, 3.8) is 0 Å². The fraction of sp³-hybridized carbons (Fsp3) is 0.645. The highest BCUT2D eigenvalue weighted by atomic mass is 32.2. The largest absolute Gasteiger partial charge is 0.481 e. The van der Waals surface area contributed by atoms with E-state index in [4.69, 9.17) is 22.1 Å². The van der Waals surface area contributed by atoms with E-state index in [1.807, 2.05) is 26.8 Å². The van der Waals surface area contributed by atoms with Crippen molar-refractivity contribution in [2.24, 2.45) is 0 Å². The number of aromatic nitrogens is 1. The topological polar surface area (TPSA) is 116 Å². The lowest BCUT2D eigenvalue weighted by Gasteiger charge is -2.39. The second-order valence-electron chi connectivity index (χ2n) is 11.3. The van der Waals surface area contributed by atoms with Crippen LogP contribution in [0.15, 0.2) is 9.70 Å². The molecule has 230 valence electrons. The predicted molar refractivity (Wildman–Crippen MR) is 172 cm³/mol. The van der Waals surface area contributed by atoms with Crippen molar-refractivity contribution in [1.82, 2.24) is 9.47 Å². The summed E-state index contributed by atoms with van der Waals surface area (Å²) in [5.41, 5.74) is 1.09. The van der Waals surface area contributed by atoms with E-state index in [1.165, 1.54) is 11.8 Å². The van der Waals surface area contributed by atoms with Crippen molar-refractivity contribution in [2.75, 3.05) is 24.5 Å². The highest BCUT2D eigenvalue weighted by Gasteiger charge is 2.34. The molecule has 2 aliphatic heterocycles. The van der Waals surface area contributed by atoms with Gasteiger partial charge in [-0.25, -0.2) is 0 Å². The van der Waals surface area contributed by atoms with Gasteiger partial charge in [0.15, 0.2) is 0 Å². The molecule has 2 atom stereocenters. The molecule has 0 radical (unpaired) electrons. The number of amides is 1. The summed E-state index contributed by atoms with van der Waals surface area (Å²) in [6.45, 7) is 10.0. The first-order chi connectivity index (χ1) is 20.1. The molecule has 1 amide bonds. The van der Waals surface area contributed by atoms with Gasteiger partial charge in [0.2, 0.25) is 0 Å². The summed E-state index contributed by atoms with van der Waals surface area (Å²) < 4.78 is 8.17. The number of morpholine rings is 1. The Bertz CT molecular complexity index is 1280. The van der Waals surface area contributed by atoms with Crippen LogP contribution in [0, 0.1) is 18.3 Å². The molecule has 3 rings (SSSR count). The minimum Gasteiger partial charge on any atom is -0.481 e. The standard InChI is InChI=1S/C31H44N4O5S2/c1-5-15-34-28(33-19-21(2)40-22(3)20-33)24(23(4)25(18-32)29(34)38)17-26-30(39)35(31(41)42-26)16-13-11-9-7-6-8-10-12-14-27(36)37/h17,21-22H,5-16,19-20H2,1-4H3,(H,36,37)/b26-17+. The molecule has 0 saturated carbocycles. The van der Waals surface area contributed by atoms with Crippen LogP contribution >= 0.6 is 24.0 Å². The first-order valence-electron chi connectivity index (χ1n) is 15.1. The van der Waals surface area contributed by atoms with Crippen LogP contribution < -0.4 is 10.5 Å². The fourth-order valence-corrected chi connectivity index (χ4v) is 6.99. The van der Waals surface area contributed by atoms with Crippen LogP contribution in [-0.2, 0) is 20.9 Å². The lowest BCUT2D eigenvalue weighted by molar-refractivity contribution is -0.137. The van der Waals surface area contributed by atoms with Crippen LogP contribution in [0.1, 0.15) is 102 Å². The van der Waals surface area contributed by atoms with Gasteiger partial charge in [0.25, 0.3) is 11.5 Å². The molecule has 2 saturated heterocycles. The third kappa shape index (κ3) is 8.68. The molecular weight excluding hydrogens is 572 g/mol. The number of pyridine rings is 1. The molecule has 1 aromatic rings. The van der Waals surface area contributed by atoms with E-state index in [-0.39, 0.29) is 35.7 Å². The zero-order valence-electron chi connectivity index (χ0n) is 25.3. The molecule has 0 spiro atoms. The van der Waals surface area contributed by atoms with Gasteiger partial charge in [0.1, 0.15) is 21.8 Å². The van der Waals surface area contributed by atoms with Crippen molar-refractivity contribution in [2.45, 2.75) is 111 Å². The smallest absolute Gasteiger partial charge is 0.303 e. The number of ether oxygens (including phenoxy) is 1. The lowest BCUT2D eigenvalue weighted by Crippen LogP contribution is -2.48. The monoisotopic (exact) mass is 616 g/mol. The summed E-state index contributed by atoms with van der Waals surface area (Å²) in [5, 5.41) is 18.6. The van der Waals surface area contributed by atoms with Gasteiger partial charge in [0, 0.05) is 38.2 Å². The number of carbonyl (C=O) groups is 2. The number of carbonyl (C=O) groups excluding carboxylic acids is 1. The summed E-state index contributed by atoms with van der Waals surface area (Å²) in [7, 11) is 0. The molecule has 0 bridgehead atoms. The number of nitrogens with zero attached hydrogens (tertiary/aromatic N) is 4. The summed E-state index contributed by atoms with van der Waals surface area (Å²) in [4.78, 5) is 41.8. The molecule has 2 unspecified atom stereocenters. The summed E-state index contributed by atoms with van der Waals surface area (Å²) >= 11 is 6.87. The molecule has 0 aliphatic carbocycles. The molecule has 1 N–H and O–H groups in total. The molecule has 3 heterocycles. The zero-order chi connectivity index (χ0) is 30.8. The summed E-state index contributed by atoms with van der Waals surface area (Å²) in [5.74, 6) is -0.136. The number of carboxylic acid groups (broad SMARTS) is 1.